The molecule has 0 aromatic heterocycles. The number of benzene rings is 2. The van der Waals surface area contributed by atoms with E-state index in [0.29, 0.717) is 19.6 Å². The lowest BCUT2D eigenvalue weighted by Gasteiger charge is -2.43. The maximum absolute atomic E-state index is 13.9. The fourth-order valence-corrected chi connectivity index (χ4v) is 8.21. The van der Waals surface area contributed by atoms with Crippen LogP contribution < -0.4 is 4.74 Å². The van der Waals surface area contributed by atoms with Gasteiger partial charge in [0, 0.05) is 55.6 Å². The molecule has 2 aromatic carbocycles. The quantitative estimate of drug-likeness (QED) is 0.341. The first kappa shape index (κ1) is 31.5. The number of hydrogen-bond donors (Lipinski definition) is 3. The van der Waals surface area contributed by atoms with Crippen LogP contribution in [0.3, 0.4) is 0 Å². The van der Waals surface area contributed by atoms with Gasteiger partial charge >= 0.3 is 0 Å². The second-order valence-electron chi connectivity index (χ2n) is 12.2. The second kappa shape index (κ2) is 11.6. The summed E-state index contributed by atoms with van der Waals surface area (Å²) in [6.07, 6.45) is -2.67. The van der Waals surface area contributed by atoms with Gasteiger partial charge in [0.25, 0.3) is 0 Å². The molecule has 0 spiro atoms. The number of aromatic hydroxyl groups is 2. The molecular weight excluding hydrogens is 622 g/mol. The van der Waals surface area contributed by atoms with E-state index in [1.54, 1.807) is 13.2 Å². The Balaban J connectivity index is 1.30. The molecule has 3 fully saturated rings. The molecular formula is C32H35NO12S. The predicted molar refractivity (Wildman–Crippen MR) is 160 cm³/mol. The highest BCUT2D eigenvalue weighted by molar-refractivity contribution is 8.13. The summed E-state index contributed by atoms with van der Waals surface area (Å²) in [5.41, 5.74) is -2.88. The van der Waals surface area contributed by atoms with Crippen molar-refractivity contribution in [3.05, 3.63) is 51.6 Å². The number of phenolic OH excluding ortho intramolecular Hbond substituents is 2. The molecule has 8 atom stereocenters. The van der Waals surface area contributed by atoms with Crippen LogP contribution in [-0.4, -0.2) is 113 Å². The van der Waals surface area contributed by atoms with Crippen LogP contribution in [0.15, 0.2) is 18.2 Å². The van der Waals surface area contributed by atoms with Crippen molar-refractivity contribution in [2.45, 2.75) is 74.9 Å². The van der Waals surface area contributed by atoms with E-state index in [0.717, 1.165) is 11.8 Å². The lowest BCUT2D eigenvalue weighted by molar-refractivity contribution is -0.256. The molecule has 3 N–H and O–H groups in total. The molecule has 2 aromatic rings. The molecule has 0 amide bonds. The zero-order valence-corrected chi connectivity index (χ0v) is 26.5. The number of methoxy groups -OCH3 is 2. The molecule has 2 aliphatic carbocycles. The number of ether oxygens (including phenoxy) is 6. The standard InChI is InChI=1S/C32H35NO12S/c1-13-28-16(33-8-9-42-30(41-3)29(33)45-28)10-19(43-13)44-18-12-32(39,31(38)46-4)11-15-21(18)27(37)23-22(25(15)35)24(34)14-6-5-7-17(40-2)20(14)26(23)36/h5-7,13,16,18-19,28-30,35,37,39H,8-12H2,1-4H3/t13-,16-,18-,19-,28+,29+,30-,32-/m0/s1. The third-order valence-electron chi connectivity index (χ3n) is 9.75. The predicted octanol–water partition coefficient (Wildman–Crippen LogP) is 2.04. The monoisotopic (exact) mass is 657 g/mol. The number of fused-ring (bicyclic) bond motifs is 6. The zero-order valence-electron chi connectivity index (χ0n) is 25.7. The molecule has 7 rings (SSSR count). The molecule has 0 saturated carbocycles. The van der Waals surface area contributed by atoms with Gasteiger partial charge in [-0.3, -0.25) is 19.3 Å². The highest BCUT2D eigenvalue weighted by Crippen LogP contribution is 2.53. The summed E-state index contributed by atoms with van der Waals surface area (Å²) < 4.78 is 35.5. The molecule has 46 heavy (non-hydrogen) atoms. The van der Waals surface area contributed by atoms with Crippen molar-refractivity contribution in [2.24, 2.45) is 0 Å². The number of rotatable bonds is 5. The number of carbonyl (C=O) groups is 3. The minimum absolute atomic E-state index is 0.000574. The van der Waals surface area contributed by atoms with Gasteiger partial charge in [-0.25, -0.2) is 0 Å². The number of phenols is 2. The van der Waals surface area contributed by atoms with Crippen LogP contribution in [0.5, 0.6) is 17.2 Å². The van der Waals surface area contributed by atoms with Crippen molar-refractivity contribution in [2.75, 3.05) is 33.6 Å². The number of nitrogens with zero attached hydrogens (tertiary/aromatic N) is 1. The molecule has 14 heteroatoms. The molecule has 246 valence electrons. The number of aliphatic hydroxyl groups is 1. The summed E-state index contributed by atoms with van der Waals surface area (Å²) >= 11 is 0.813. The van der Waals surface area contributed by atoms with E-state index in [9.17, 15) is 29.7 Å². The minimum Gasteiger partial charge on any atom is -0.507 e. The summed E-state index contributed by atoms with van der Waals surface area (Å²) in [6.45, 7) is 2.90. The Bertz CT molecular complexity index is 1630. The maximum atomic E-state index is 13.9. The lowest BCUT2D eigenvalue weighted by Crippen LogP contribution is -2.55. The molecule has 13 nitrogen and oxygen atoms in total. The van der Waals surface area contributed by atoms with Crippen LogP contribution >= 0.6 is 11.8 Å². The molecule has 0 bridgehead atoms. The highest BCUT2D eigenvalue weighted by Gasteiger charge is 2.55. The third kappa shape index (κ3) is 4.61. The molecule has 3 saturated heterocycles. The Morgan fingerprint density at radius 1 is 1.09 bits per heavy atom. The van der Waals surface area contributed by atoms with Gasteiger partial charge in [0.05, 0.1) is 42.6 Å². The van der Waals surface area contributed by atoms with Crippen molar-refractivity contribution < 1.29 is 58.1 Å². The van der Waals surface area contributed by atoms with Crippen molar-refractivity contribution in [1.82, 2.24) is 4.90 Å². The Labute approximate surface area is 268 Å². The van der Waals surface area contributed by atoms with E-state index in [2.05, 4.69) is 4.90 Å². The van der Waals surface area contributed by atoms with E-state index >= 15 is 0 Å². The Kier molecular flexibility index (Phi) is 7.92. The summed E-state index contributed by atoms with van der Waals surface area (Å²) in [6, 6.07) is 4.37. The first-order chi connectivity index (χ1) is 22.0. The number of ketones is 2. The number of hydrogen-bond acceptors (Lipinski definition) is 14. The van der Waals surface area contributed by atoms with Gasteiger partial charge in [0.2, 0.25) is 10.9 Å². The van der Waals surface area contributed by atoms with E-state index in [1.807, 2.05) is 6.92 Å². The normalized spacial score (nSPS) is 33.5. The van der Waals surface area contributed by atoms with Gasteiger partial charge in [-0.1, -0.05) is 23.9 Å². The van der Waals surface area contributed by atoms with Crippen LogP contribution in [-0.2, 0) is 34.9 Å². The van der Waals surface area contributed by atoms with Gasteiger partial charge in [0.15, 0.2) is 24.6 Å². The summed E-state index contributed by atoms with van der Waals surface area (Å²) in [5, 5.41) is 34.5. The van der Waals surface area contributed by atoms with Crippen LogP contribution in [0.1, 0.15) is 68.8 Å². The van der Waals surface area contributed by atoms with Crippen molar-refractivity contribution in [3.63, 3.8) is 0 Å². The van der Waals surface area contributed by atoms with E-state index in [-0.39, 0.29) is 46.6 Å². The van der Waals surface area contributed by atoms with Crippen molar-refractivity contribution >= 4 is 28.4 Å². The molecule has 3 heterocycles. The van der Waals surface area contributed by atoms with Crippen LogP contribution in [0, 0.1) is 0 Å². The maximum Gasteiger partial charge on any atom is 0.220 e. The molecule has 5 aliphatic rings. The van der Waals surface area contributed by atoms with Crippen molar-refractivity contribution in [1.29, 1.82) is 0 Å². The Hall–Kier alpha value is -3.08. The van der Waals surface area contributed by atoms with Gasteiger partial charge in [0.1, 0.15) is 29.0 Å². The lowest BCUT2D eigenvalue weighted by atomic mass is 9.73. The topological polar surface area (TPSA) is 171 Å². The smallest absolute Gasteiger partial charge is 0.220 e. The SMILES string of the molecule is COc1cccc2c1C(=O)c1c(O)c3c(c(O)c1C2=O)C[C@@](O)(C(=O)SC)C[C@@H]3O[C@H]1C[C@H]2[C@H](O[C@@H]3[C@@H](OC)OCCN32)[C@H](C)O1. The Morgan fingerprint density at radius 2 is 1.85 bits per heavy atom. The van der Waals surface area contributed by atoms with Gasteiger partial charge < -0.3 is 43.7 Å². The first-order valence-corrected chi connectivity index (χ1v) is 16.3. The summed E-state index contributed by atoms with van der Waals surface area (Å²) in [7, 11) is 2.91. The van der Waals surface area contributed by atoms with Crippen LogP contribution in [0.25, 0.3) is 0 Å². The fourth-order valence-electron chi connectivity index (χ4n) is 7.68. The summed E-state index contributed by atoms with van der Waals surface area (Å²) in [5.74, 6) is -2.44. The third-order valence-corrected chi connectivity index (χ3v) is 10.5. The van der Waals surface area contributed by atoms with Gasteiger partial charge in [-0.15, -0.1) is 0 Å². The molecule has 3 aliphatic heterocycles. The molecule has 0 radical (unpaired) electrons. The van der Waals surface area contributed by atoms with E-state index in [1.165, 1.54) is 25.5 Å². The van der Waals surface area contributed by atoms with Gasteiger partial charge in [-0.2, -0.15) is 0 Å². The summed E-state index contributed by atoms with van der Waals surface area (Å²) in [4.78, 5) is 42.9. The fraction of sp³-hybridized carbons (Fsp3) is 0.531. The Morgan fingerprint density at radius 3 is 2.57 bits per heavy atom. The minimum atomic E-state index is -2.02. The van der Waals surface area contributed by atoms with Gasteiger partial charge in [-0.05, 0) is 19.2 Å². The average Bonchev–Trinajstić information content (AvgIpc) is 3.43. The number of morpholine rings is 1. The van der Waals surface area contributed by atoms with Crippen molar-refractivity contribution in [3.8, 4) is 17.2 Å². The number of carbonyl (C=O) groups excluding carboxylic acids is 3. The van der Waals surface area contributed by atoms with E-state index in [4.69, 9.17) is 28.4 Å². The molecule has 0 unspecified atom stereocenters. The zero-order chi connectivity index (χ0) is 32.7. The van der Waals surface area contributed by atoms with Crippen LogP contribution in [0.2, 0.25) is 0 Å². The number of thioether (sulfide) groups is 1. The second-order valence-corrected chi connectivity index (χ2v) is 13.0. The van der Waals surface area contributed by atoms with Crippen LogP contribution in [0.4, 0.5) is 0 Å². The average molecular weight is 658 g/mol. The highest BCUT2D eigenvalue weighted by atomic mass is 32.2. The first-order valence-electron chi connectivity index (χ1n) is 15.1. The largest absolute Gasteiger partial charge is 0.507 e. The van der Waals surface area contributed by atoms with E-state index < -0.39 is 82.3 Å².